The van der Waals surface area contributed by atoms with E-state index in [9.17, 15) is 0 Å². The Bertz CT molecular complexity index is 364. The van der Waals surface area contributed by atoms with Gasteiger partial charge in [0.05, 0.1) is 0 Å². The Balaban J connectivity index is 2.47. The van der Waals surface area contributed by atoms with E-state index in [2.05, 4.69) is 39.8 Å². The lowest BCUT2D eigenvalue weighted by molar-refractivity contribution is 0.0837. The molecule has 0 saturated heterocycles. The molecule has 1 nitrogen and oxygen atoms in total. The molecule has 0 amide bonds. The highest BCUT2D eigenvalue weighted by atomic mass is 16.5. The third kappa shape index (κ3) is 1.63. The molecule has 1 aliphatic rings. The molecule has 1 aliphatic heterocycles. The summed E-state index contributed by atoms with van der Waals surface area (Å²) in [5.41, 5.74) is 3.99. The van der Waals surface area contributed by atoms with E-state index in [1.807, 2.05) is 0 Å². The highest BCUT2D eigenvalue weighted by molar-refractivity contribution is 5.45. The van der Waals surface area contributed by atoms with Crippen LogP contribution in [0.15, 0.2) is 12.1 Å². The summed E-state index contributed by atoms with van der Waals surface area (Å²) in [7, 11) is 0. The first-order chi connectivity index (χ1) is 6.48. The summed E-state index contributed by atoms with van der Waals surface area (Å²) in [6.45, 7) is 8.60. The number of fused-ring (bicyclic) bond motifs is 1. The lowest BCUT2D eigenvalue weighted by Gasteiger charge is -2.33. The van der Waals surface area contributed by atoms with Gasteiger partial charge < -0.3 is 4.74 Å². The number of aryl methyl sites for hydroxylation is 3. The summed E-state index contributed by atoms with van der Waals surface area (Å²) in [5.74, 6) is 1.12. The monoisotopic (exact) mass is 190 g/mol. The molecule has 1 heteroatoms. The van der Waals surface area contributed by atoms with Gasteiger partial charge in [-0.1, -0.05) is 17.7 Å². The fourth-order valence-electron chi connectivity index (χ4n) is 2.14. The normalized spacial score (nSPS) is 18.6. The summed E-state index contributed by atoms with van der Waals surface area (Å²) in [5, 5.41) is 0. The second kappa shape index (κ2) is 3.01. The SMILES string of the molecule is Cc1cc(C)c2c(c1)CCC(C)(C)O2. The molecule has 0 aromatic heterocycles. The molecule has 76 valence electrons. The fraction of sp³-hybridized carbons (Fsp3) is 0.538. The minimum absolute atomic E-state index is 0.00696. The van der Waals surface area contributed by atoms with Crippen LogP contribution in [-0.4, -0.2) is 5.60 Å². The largest absolute Gasteiger partial charge is 0.487 e. The van der Waals surface area contributed by atoms with Crippen molar-refractivity contribution >= 4 is 0 Å². The van der Waals surface area contributed by atoms with Crippen LogP contribution in [-0.2, 0) is 6.42 Å². The second-order valence-corrected chi connectivity index (χ2v) is 4.93. The van der Waals surface area contributed by atoms with Gasteiger partial charge in [-0.3, -0.25) is 0 Å². The maximum atomic E-state index is 6.01. The number of benzene rings is 1. The minimum Gasteiger partial charge on any atom is -0.487 e. The van der Waals surface area contributed by atoms with Crippen molar-refractivity contribution < 1.29 is 4.74 Å². The predicted molar refractivity (Wildman–Crippen MR) is 58.9 cm³/mol. The van der Waals surface area contributed by atoms with Gasteiger partial charge in [-0.05, 0) is 51.7 Å². The topological polar surface area (TPSA) is 9.23 Å². The second-order valence-electron chi connectivity index (χ2n) is 4.93. The quantitative estimate of drug-likeness (QED) is 0.609. The molecule has 1 aromatic carbocycles. The summed E-state index contributed by atoms with van der Waals surface area (Å²) >= 11 is 0. The van der Waals surface area contributed by atoms with E-state index in [-0.39, 0.29) is 5.60 Å². The van der Waals surface area contributed by atoms with Crippen LogP contribution >= 0.6 is 0 Å². The first-order valence-electron chi connectivity index (χ1n) is 5.27. The van der Waals surface area contributed by atoms with Crippen LogP contribution in [0.2, 0.25) is 0 Å². The smallest absolute Gasteiger partial charge is 0.126 e. The summed E-state index contributed by atoms with van der Waals surface area (Å²) in [4.78, 5) is 0. The molecule has 0 unspecified atom stereocenters. The Morgan fingerprint density at radius 1 is 1.21 bits per heavy atom. The van der Waals surface area contributed by atoms with Crippen molar-refractivity contribution in [2.45, 2.75) is 46.1 Å². The molecule has 1 heterocycles. The Morgan fingerprint density at radius 2 is 1.93 bits per heavy atom. The van der Waals surface area contributed by atoms with Crippen molar-refractivity contribution in [3.05, 3.63) is 28.8 Å². The molecule has 0 saturated carbocycles. The Kier molecular flexibility index (Phi) is 2.06. The molecule has 0 spiro atoms. The van der Waals surface area contributed by atoms with Crippen molar-refractivity contribution in [1.29, 1.82) is 0 Å². The third-order valence-electron chi connectivity index (χ3n) is 2.87. The van der Waals surface area contributed by atoms with Crippen LogP contribution < -0.4 is 4.74 Å². The van der Waals surface area contributed by atoms with Crippen LogP contribution in [0.5, 0.6) is 5.75 Å². The molecule has 0 radical (unpaired) electrons. The van der Waals surface area contributed by atoms with Crippen LogP contribution in [0.3, 0.4) is 0 Å². The zero-order valence-electron chi connectivity index (χ0n) is 9.48. The Hall–Kier alpha value is -0.980. The molecule has 0 aliphatic carbocycles. The van der Waals surface area contributed by atoms with Crippen molar-refractivity contribution in [2.24, 2.45) is 0 Å². The predicted octanol–water partition coefficient (Wildman–Crippen LogP) is 3.41. The number of rotatable bonds is 0. The average Bonchev–Trinajstić information content (AvgIpc) is 2.06. The van der Waals surface area contributed by atoms with Crippen LogP contribution in [0.1, 0.15) is 37.0 Å². The van der Waals surface area contributed by atoms with E-state index in [1.54, 1.807) is 0 Å². The van der Waals surface area contributed by atoms with E-state index in [0.717, 1.165) is 18.6 Å². The molecular weight excluding hydrogens is 172 g/mol. The average molecular weight is 190 g/mol. The highest BCUT2D eigenvalue weighted by Gasteiger charge is 2.27. The van der Waals surface area contributed by atoms with E-state index < -0.39 is 0 Å². The molecule has 0 bridgehead atoms. The first-order valence-corrected chi connectivity index (χ1v) is 5.27. The maximum Gasteiger partial charge on any atom is 0.126 e. The summed E-state index contributed by atoms with van der Waals surface area (Å²) in [6.07, 6.45) is 2.26. The summed E-state index contributed by atoms with van der Waals surface area (Å²) in [6, 6.07) is 4.44. The molecule has 0 fully saturated rings. The van der Waals surface area contributed by atoms with Gasteiger partial charge in [0.2, 0.25) is 0 Å². The van der Waals surface area contributed by atoms with Gasteiger partial charge in [0.1, 0.15) is 11.4 Å². The molecule has 2 rings (SSSR count). The fourth-order valence-corrected chi connectivity index (χ4v) is 2.14. The lowest BCUT2D eigenvalue weighted by Crippen LogP contribution is -2.33. The number of hydrogen-bond donors (Lipinski definition) is 0. The number of hydrogen-bond acceptors (Lipinski definition) is 1. The van der Waals surface area contributed by atoms with Gasteiger partial charge in [0, 0.05) is 0 Å². The van der Waals surface area contributed by atoms with Gasteiger partial charge >= 0.3 is 0 Å². The summed E-state index contributed by atoms with van der Waals surface area (Å²) < 4.78 is 6.01. The Morgan fingerprint density at radius 3 is 2.64 bits per heavy atom. The van der Waals surface area contributed by atoms with Gasteiger partial charge in [0.25, 0.3) is 0 Å². The van der Waals surface area contributed by atoms with E-state index in [0.29, 0.717) is 0 Å². The molecule has 14 heavy (non-hydrogen) atoms. The van der Waals surface area contributed by atoms with Crippen LogP contribution in [0.25, 0.3) is 0 Å². The van der Waals surface area contributed by atoms with Gasteiger partial charge in [-0.2, -0.15) is 0 Å². The van der Waals surface area contributed by atoms with E-state index in [4.69, 9.17) is 4.74 Å². The molecule has 0 N–H and O–H groups in total. The first kappa shape index (κ1) is 9.57. The lowest BCUT2D eigenvalue weighted by atomic mass is 9.92. The zero-order chi connectivity index (χ0) is 10.3. The molecular formula is C13H18O. The van der Waals surface area contributed by atoms with Crippen LogP contribution in [0.4, 0.5) is 0 Å². The van der Waals surface area contributed by atoms with E-state index in [1.165, 1.54) is 16.7 Å². The van der Waals surface area contributed by atoms with Crippen molar-refractivity contribution in [3.63, 3.8) is 0 Å². The highest BCUT2D eigenvalue weighted by Crippen LogP contribution is 2.36. The zero-order valence-corrected chi connectivity index (χ0v) is 9.48. The van der Waals surface area contributed by atoms with Crippen molar-refractivity contribution in [1.82, 2.24) is 0 Å². The van der Waals surface area contributed by atoms with Gasteiger partial charge in [-0.25, -0.2) is 0 Å². The van der Waals surface area contributed by atoms with Gasteiger partial charge in [0.15, 0.2) is 0 Å². The molecule has 1 aromatic rings. The third-order valence-corrected chi connectivity index (χ3v) is 2.87. The van der Waals surface area contributed by atoms with Crippen molar-refractivity contribution in [2.75, 3.05) is 0 Å². The van der Waals surface area contributed by atoms with Gasteiger partial charge in [-0.15, -0.1) is 0 Å². The standard InChI is InChI=1S/C13H18O/c1-9-7-10(2)12-11(8-9)5-6-13(3,4)14-12/h7-8H,5-6H2,1-4H3. The number of ether oxygens (including phenoxy) is 1. The minimum atomic E-state index is 0.00696. The van der Waals surface area contributed by atoms with E-state index >= 15 is 0 Å². The molecule has 0 atom stereocenters. The maximum absolute atomic E-state index is 6.01. The van der Waals surface area contributed by atoms with Crippen molar-refractivity contribution in [3.8, 4) is 5.75 Å². The van der Waals surface area contributed by atoms with Crippen LogP contribution in [0, 0.1) is 13.8 Å². The Labute approximate surface area is 86.1 Å².